The van der Waals surface area contributed by atoms with Gasteiger partial charge in [-0.05, 0) is 49.6 Å². The highest BCUT2D eigenvalue weighted by Crippen LogP contribution is 2.38. The van der Waals surface area contributed by atoms with E-state index < -0.39 is 15.4 Å². The number of nitrogens with zero attached hydrogens (tertiary/aromatic N) is 1. The van der Waals surface area contributed by atoms with Gasteiger partial charge >= 0.3 is 0 Å². The average Bonchev–Trinajstić information content (AvgIpc) is 2.71. The van der Waals surface area contributed by atoms with Gasteiger partial charge in [-0.1, -0.05) is 37.6 Å². The number of amides is 1. The van der Waals surface area contributed by atoms with Crippen molar-refractivity contribution in [2.45, 2.75) is 33.4 Å². The van der Waals surface area contributed by atoms with Crippen LogP contribution in [0.1, 0.15) is 33.3 Å². The molecule has 2 aromatic carbocycles. The molecule has 0 bridgehead atoms. The quantitative estimate of drug-likeness (QED) is 0.692. The molecule has 1 heterocycles. The van der Waals surface area contributed by atoms with E-state index in [1.54, 1.807) is 47.4 Å². The lowest BCUT2D eigenvalue weighted by Crippen LogP contribution is -2.43. The predicted octanol–water partition coefficient (Wildman–Crippen LogP) is 4.69. The first-order valence-corrected chi connectivity index (χ1v) is 11.8. The van der Waals surface area contributed by atoms with Gasteiger partial charge in [0, 0.05) is 17.6 Å². The van der Waals surface area contributed by atoms with E-state index in [1.807, 2.05) is 27.7 Å². The van der Waals surface area contributed by atoms with Gasteiger partial charge in [-0.3, -0.25) is 9.52 Å². The maximum Gasteiger partial charge on any atom is 0.236 e. The summed E-state index contributed by atoms with van der Waals surface area (Å²) in [5.74, 6) is 0.546. The third kappa shape index (κ3) is 5.26. The smallest absolute Gasteiger partial charge is 0.236 e. The molecule has 0 unspecified atom stereocenters. The Labute approximate surface area is 183 Å². The summed E-state index contributed by atoms with van der Waals surface area (Å²) in [6.45, 7) is 8.56. The first-order chi connectivity index (χ1) is 14.0. The lowest BCUT2D eigenvalue weighted by Gasteiger charge is -2.29. The highest BCUT2D eigenvalue weighted by atomic mass is 35.5. The predicted molar refractivity (Wildman–Crippen MR) is 121 cm³/mol. The van der Waals surface area contributed by atoms with Crippen LogP contribution >= 0.6 is 11.6 Å². The zero-order valence-electron chi connectivity index (χ0n) is 17.6. The number of ether oxygens (including phenoxy) is 1. The fourth-order valence-electron chi connectivity index (χ4n) is 3.32. The molecule has 162 valence electrons. The Balaban J connectivity index is 1.88. The summed E-state index contributed by atoms with van der Waals surface area (Å²) >= 11 is 5.95. The number of sulfonamides is 1. The molecule has 6 nitrogen and oxygen atoms in total. The van der Waals surface area contributed by atoms with Crippen molar-refractivity contribution in [3.05, 3.63) is 53.1 Å². The normalized spacial score (nSPS) is 16.1. The molecule has 0 aromatic heterocycles. The number of hydrogen-bond donors (Lipinski definition) is 1. The van der Waals surface area contributed by atoms with Crippen LogP contribution in [-0.4, -0.2) is 27.5 Å². The van der Waals surface area contributed by atoms with Gasteiger partial charge in [0.15, 0.2) is 0 Å². The number of nitrogens with one attached hydrogen (secondary N) is 1. The van der Waals surface area contributed by atoms with Gasteiger partial charge in [-0.25, -0.2) is 8.42 Å². The second-order valence-corrected chi connectivity index (χ2v) is 10.8. The van der Waals surface area contributed by atoms with Crippen molar-refractivity contribution in [1.29, 1.82) is 0 Å². The van der Waals surface area contributed by atoms with E-state index in [9.17, 15) is 13.2 Å². The molecular weight excluding hydrogens is 424 g/mol. The molecule has 1 aliphatic heterocycles. The summed E-state index contributed by atoms with van der Waals surface area (Å²) in [5.41, 5.74) is 0.945. The minimum absolute atomic E-state index is 0.00997. The molecule has 0 saturated carbocycles. The number of hydrogen-bond acceptors (Lipinski definition) is 4. The van der Waals surface area contributed by atoms with E-state index in [0.29, 0.717) is 34.3 Å². The van der Waals surface area contributed by atoms with E-state index >= 15 is 0 Å². The second-order valence-electron chi connectivity index (χ2n) is 8.66. The van der Waals surface area contributed by atoms with Crippen LogP contribution in [0.25, 0.3) is 0 Å². The van der Waals surface area contributed by atoms with Crippen LogP contribution < -0.4 is 14.4 Å². The van der Waals surface area contributed by atoms with Gasteiger partial charge in [0.25, 0.3) is 0 Å². The molecule has 0 atom stereocenters. The van der Waals surface area contributed by atoms with Crippen molar-refractivity contribution < 1.29 is 17.9 Å². The third-order valence-electron chi connectivity index (χ3n) is 4.73. The minimum Gasteiger partial charge on any atom is -0.490 e. The molecule has 0 aliphatic carbocycles. The molecule has 8 heteroatoms. The lowest BCUT2D eigenvalue weighted by atomic mass is 9.92. The van der Waals surface area contributed by atoms with Crippen LogP contribution in [0.5, 0.6) is 5.75 Å². The highest BCUT2D eigenvalue weighted by molar-refractivity contribution is 7.91. The summed E-state index contributed by atoms with van der Waals surface area (Å²) < 4.78 is 33.8. The first-order valence-electron chi connectivity index (χ1n) is 9.80. The Kier molecular flexibility index (Phi) is 6.34. The SMILES string of the molecule is CC(C)CN1C(=O)C(C)(C)COc2cc(NS(=O)(=O)Cc3cccc(Cl)c3)ccc21. The monoisotopic (exact) mass is 450 g/mol. The number of benzene rings is 2. The summed E-state index contributed by atoms with van der Waals surface area (Å²) in [6.07, 6.45) is 0. The molecular formula is C22H27ClN2O4S. The highest BCUT2D eigenvalue weighted by Gasteiger charge is 2.38. The standard InChI is InChI=1S/C22H27ClN2O4S/c1-15(2)12-25-19-9-8-18(11-20(19)29-14-22(3,4)21(25)26)24-30(27,28)13-16-6-5-7-17(23)10-16/h5-11,15,24H,12-14H2,1-4H3. The largest absolute Gasteiger partial charge is 0.490 e. The summed E-state index contributed by atoms with van der Waals surface area (Å²) in [7, 11) is -3.65. The maximum absolute atomic E-state index is 13.0. The van der Waals surface area contributed by atoms with Gasteiger partial charge in [0.1, 0.15) is 12.4 Å². The maximum atomic E-state index is 13.0. The summed E-state index contributed by atoms with van der Waals surface area (Å²) in [6, 6.07) is 11.8. The Morgan fingerprint density at radius 1 is 1.20 bits per heavy atom. The topological polar surface area (TPSA) is 75.7 Å². The molecule has 30 heavy (non-hydrogen) atoms. The first kappa shape index (κ1) is 22.4. The number of carbonyl (C=O) groups is 1. The van der Waals surface area contributed by atoms with Gasteiger partial charge in [0.05, 0.1) is 22.5 Å². The van der Waals surface area contributed by atoms with Crippen LogP contribution in [0.4, 0.5) is 11.4 Å². The van der Waals surface area contributed by atoms with Crippen LogP contribution in [0.2, 0.25) is 5.02 Å². The zero-order valence-corrected chi connectivity index (χ0v) is 19.2. The van der Waals surface area contributed by atoms with Gasteiger partial charge < -0.3 is 9.64 Å². The van der Waals surface area contributed by atoms with Crippen molar-refractivity contribution in [2.75, 3.05) is 22.8 Å². The van der Waals surface area contributed by atoms with E-state index in [0.717, 1.165) is 0 Å². The van der Waals surface area contributed by atoms with Gasteiger partial charge in [-0.2, -0.15) is 0 Å². The van der Waals surface area contributed by atoms with Crippen molar-refractivity contribution in [2.24, 2.45) is 11.3 Å². The molecule has 0 saturated heterocycles. The fourth-order valence-corrected chi connectivity index (χ4v) is 4.71. The molecule has 0 fully saturated rings. The van der Waals surface area contributed by atoms with Crippen LogP contribution in [0.15, 0.2) is 42.5 Å². The number of carbonyl (C=O) groups excluding carboxylic acids is 1. The van der Waals surface area contributed by atoms with Crippen molar-refractivity contribution in [1.82, 2.24) is 0 Å². The lowest BCUT2D eigenvalue weighted by molar-refractivity contribution is -0.127. The second kappa shape index (κ2) is 8.47. The van der Waals surface area contributed by atoms with Crippen LogP contribution in [-0.2, 0) is 20.6 Å². The van der Waals surface area contributed by atoms with E-state index in [-0.39, 0.29) is 24.2 Å². The Hall–Kier alpha value is -2.25. The average molecular weight is 451 g/mol. The molecule has 3 rings (SSSR count). The van der Waals surface area contributed by atoms with E-state index in [4.69, 9.17) is 16.3 Å². The Morgan fingerprint density at radius 3 is 2.60 bits per heavy atom. The van der Waals surface area contributed by atoms with Crippen LogP contribution in [0, 0.1) is 11.3 Å². The van der Waals surface area contributed by atoms with E-state index in [2.05, 4.69) is 4.72 Å². The van der Waals surface area contributed by atoms with Crippen molar-refractivity contribution in [3.63, 3.8) is 0 Å². The molecule has 1 amide bonds. The Bertz CT molecular complexity index is 1050. The van der Waals surface area contributed by atoms with Crippen molar-refractivity contribution >= 4 is 38.9 Å². The number of anilines is 2. The molecule has 0 spiro atoms. The molecule has 1 aliphatic rings. The minimum atomic E-state index is -3.65. The number of fused-ring (bicyclic) bond motifs is 1. The van der Waals surface area contributed by atoms with E-state index in [1.165, 1.54) is 0 Å². The molecule has 2 aromatic rings. The molecule has 1 N–H and O–H groups in total. The van der Waals surface area contributed by atoms with Gasteiger partial charge in [-0.15, -0.1) is 0 Å². The summed E-state index contributed by atoms with van der Waals surface area (Å²) in [4.78, 5) is 14.8. The fraction of sp³-hybridized carbons (Fsp3) is 0.409. The van der Waals surface area contributed by atoms with Gasteiger partial charge in [0.2, 0.25) is 15.9 Å². The summed E-state index contributed by atoms with van der Waals surface area (Å²) in [5, 5.41) is 0.485. The zero-order chi connectivity index (χ0) is 22.1. The van der Waals surface area contributed by atoms with Crippen LogP contribution in [0.3, 0.4) is 0 Å². The van der Waals surface area contributed by atoms with Crippen molar-refractivity contribution in [3.8, 4) is 5.75 Å². The number of halogens is 1. The Morgan fingerprint density at radius 2 is 1.93 bits per heavy atom. The third-order valence-corrected chi connectivity index (χ3v) is 6.23. The number of rotatable bonds is 6. The molecule has 0 radical (unpaired) electrons.